The third-order valence-electron chi connectivity index (χ3n) is 4.55. The summed E-state index contributed by atoms with van der Waals surface area (Å²) in [5.74, 6) is -1.05. The van der Waals surface area contributed by atoms with Gasteiger partial charge in [-0.1, -0.05) is 65.6 Å². The van der Waals surface area contributed by atoms with Gasteiger partial charge in [-0.15, -0.1) is 20.4 Å². The molecule has 0 fully saturated rings. The van der Waals surface area contributed by atoms with Crippen LogP contribution in [-0.4, -0.2) is 32.2 Å². The second-order valence-corrected chi connectivity index (χ2v) is 9.38. The van der Waals surface area contributed by atoms with Crippen LogP contribution in [0.1, 0.15) is 6.42 Å². The van der Waals surface area contributed by atoms with Crippen molar-refractivity contribution in [1.82, 2.24) is 20.4 Å². The molecule has 4 aromatic rings. The molecule has 0 unspecified atom stereocenters. The van der Waals surface area contributed by atoms with E-state index >= 15 is 0 Å². The second kappa shape index (κ2) is 12.1. The SMILES string of the molecule is O=C(Nc1ccc(-c2ccccc2)nn1)Nc1ccccc1Nc1nnc(SCCC(F)=C(F)F)s1. The zero-order valence-electron chi connectivity index (χ0n) is 18.4. The first-order chi connectivity index (χ1) is 17.5. The number of nitrogens with one attached hydrogen (secondary N) is 3. The van der Waals surface area contributed by atoms with Gasteiger partial charge in [-0.2, -0.15) is 8.78 Å². The van der Waals surface area contributed by atoms with Crippen LogP contribution in [0.5, 0.6) is 0 Å². The first-order valence-electron chi connectivity index (χ1n) is 10.5. The summed E-state index contributed by atoms with van der Waals surface area (Å²) in [6, 6.07) is 19.4. The molecule has 0 bridgehead atoms. The molecule has 0 aliphatic carbocycles. The first kappa shape index (κ1) is 25.1. The fourth-order valence-corrected chi connectivity index (χ4v) is 4.66. The predicted molar refractivity (Wildman–Crippen MR) is 135 cm³/mol. The van der Waals surface area contributed by atoms with Crippen LogP contribution >= 0.6 is 23.1 Å². The molecule has 0 saturated heterocycles. The summed E-state index contributed by atoms with van der Waals surface area (Å²) in [7, 11) is 0. The van der Waals surface area contributed by atoms with Gasteiger partial charge in [-0.3, -0.25) is 5.32 Å². The maximum atomic E-state index is 12.9. The van der Waals surface area contributed by atoms with E-state index in [0.29, 0.717) is 26.5 Å². The second-order valence-electron chi connectivity index (χ2n) is 7.06. The van der Waals surface area contributed by atoms with Crippen LogP contribution in [0.15, 0.2) is 83.0 Å². The van der Waals surface area contributed by atoms with Gasteiger partial charge in [-0.25, -0.2) is 9.18 Å². The average molecular weight is 530 g/mol. The highest BCUT2D eigenvalue weighted by Crippen LogP contribution is 2.31. The zero-order valence-corrected chi connectivity index (χ0v) is 20.0. The van der Waals surface area contributed by atoms with Gasteiger partial charge in [0.25, 0.3) is 0 Å². The number of carbonyl (C=O) groups is 1. The molecule has 36 heavy (non-hydrogen) atoms. The van der Waals surface area contributed by atoms with Crippen molar-refractivity contribution in [3.05, 3.63) is 78.6 Å². The Morgan fingerprint density at radius 3 is 2.31 bits per heavy atom. The Hall–Kier alpha value is -3.97. The minimum atomic E-state index is -2.31. The van der Waals surface area contributed by atoms with E-state index in [1.807, 2.05) is 30.3 Å². The summed E-state index contributed by atoms with van der Waals surface area (Å²) in [4.78, 5) is 12.5. The van der Waals surface area contributed by atoms with Crippen molar-refractivity contribution < 1.29 is 18.0 Å². The number of rotatable bonds is 9. The normalized spacial score (nSPS) is 10.5. The molecule has 2 aromatic carbocycles. The first-order valence-corrected chi connectivity index (χ1v) is 12.3. The van der Waals surface area contributed by atoms with Crippen molar-refractivity contribution in [2.24, 2.45) is 0 Å². The van der Waals surface area contributed by atoms with Crippen molar-refractivity contribution in [3.63, 3.8) is 0 Å². The van der Waals surface area contributed by atoms with Crippen LogP contribution in [0.3, 0.4) is 0 Å². The number of hydrogen-bond donors (Lipinski definition) is 3. The highest BCUT2D eigenvalue weighted by atomic mass is 32.2. The van der Waals surface area contributed by atoms with E-state index in [-0.39, 0.29) is 11.6 Å². The van der Waals surface area contributed by atoms with Gasteiger partial charge in [0.15, 0.2) is 16.0 Å². The smallest absolute Gasteiger partial charge is 0.324 e. The molecule has 0 aliphatic heterocycles. The van der Waals surface area contributed by atoms with Crippen LogP contribution in [0.2, 0.25) is 0 Å². The quantitative estimate of drug-likeness (QED) is 0.202. The topological polar surface area (TPSA) is 105 Å². The number of allylic oxidation sites excluding steroid dienone is 1. The minimum Gasteiger partial charge on any atom is -0.328 e. The predicted octanol–water partition coefficient (Wildman–Crippen LogP) is 6.94. The van der Waals surface area contributed by atoms with E-state index in [9.17, 15) is 18.0 Å². The van der Waals surface area contributed by atoms with Crippen LogP contribution in [0, 0.1) is 0 Å². The summed E-state index contributed by atoms with van der Waals surface area (Å²) in [5.41, 5.74) is 2.62. The van der Waals surface area contributed by atoms with E-state index in [1.54, 1.807) is 36.4 Å². The largest absolute Gasteiger partial charge is 0.328 e. The highest BCUT2D eigenvalue weighted by Gasteiger charge is 2.12. The lowest BCUT2D eigenvalue weighted by atomic mass is 10.1. The molecular formula is C23H18F3N7OS2. The molecule has 4 rings (SSSR count). The lowest BCUT2D eigenvalue weighted by molar-refractivity contribution is 0.262. The standard InChI is InChI=1S/C23H18F3N7OS2/c24-15(20(25)26)12-13-35-23-33-32-22(36-23)28-18-9-5-4-8-17(18)27-21(34)29-19-11-10-16(30-31-19)14-6-2-1-3-7-14/h1-11H,12-13H2,(H,28,32)(H2,27,29,31,34). The molecular weight excluding hydrogens is 511 g/mol. The Kier molecular flexibility index (Phi) is 8.47. The fourth-order valence-electron chi connectivity index (χ4n) is 2.89. The molecule has 3 N–H and O–H groups in total. The fraction of sp³-hybridized carbons (Fsp3) is 0.0870. The molecule has 2 heterocycles. The van der Waals surface area contributed by atoms with Gasteiger partial charge in [-0.05, 0) is 24.3 Å². The number of nitrogens with zero attached hydrogens (tertiary/aromatic N) is 4. The number of para-hydroxylation sites is 2. The Balaban J connectivity index is 1.34. The Morgan fingerprint density at radius 2 is 1.58 bits per heavy atom. The Morgan fingerprint density at radius 1 is 0.833 bits per heavy atom. The Bertz CT molecular complexity index is 1350. The monoisotopic (exact) mass is 529 g/mol. The summed E-state index contributed by atoms with van der Waals surface area (Å²) >= 11 is 2.29. The molecule has 184 valence electrons. The lowest BCUT2D eigenvalue weighted by Crippen LogP contribution is -2.20. The number of thioether (sulfide) groups is 1. The van der Waals surface area contributed by atoms with Crippen LogP contribution in [-0.2, 0) is 0 Å². The number of carbonyl (C=O) groups excluding carboxylic acids is 1. The van der Waals surface area contributed by atoms with Crippen molar-refractivity contribution in [1.29, 1.82) is 0 Å². The van der Waals surface area contributed by atoms with Crippen molar-refractivity contribution in [3.8, 4) is 11.3 Å². The summed E-state index contributed by atoms with van der Waals surface area (Å²) in [6.07, 6.45) is -2.70. The highest BCUT2D eigenvalue weighted by molar-refractivity contribution is 8.01. The van der Waals surface area contributed by atoms with Crippen molar-refractivity contribution in [2.45, 2.75) is 10.8 Å². The van der Waals surface area contributed by atoms with Gasteiger partial charge in [0.05, 0.1) is 17.1 Å². The van der Waals surface area contributed by atoms with Crippen LogP contribution < -0.4 is 16.0 Å². The van der Waals surface area contributed by atoms with E-state index < -0.39 is 24.4 Å². The van der Waals surface area contributed by atoms with E-state index in [4.69, 9.17) is 0 Å². The van der Waals surface area contributed by atoms with E-state index in [2.05, 4.69) is 36.3 Å². The average Bonchev–Trinajstić information content (AvgIpc) is 3.33. The van der Waals surface area contributed by atoms with Gasteiger partial charge in [0.2, 0.25) is 5.13 Å². The number of benzene rings is 2. The van der Waals surface area contributed by atoms with E-state index in [0.717, 1.165) is 17.3 Å². The molecule has 0 spiro atoms. The van der Waals surface area contributed by atoms with Crippen molar-refractivity contribution in [2.75, 3.05) is 21.7 Å². The molecule has 2 amide bonds. The summed E-state index contributed by atoms with van der Waals surface area (Å²) in [6.45, 7) is 0. The lowest BCUT2D eigenvalue weighted by Gasteiger charge is -2.12. The maximum absolute atomic E-state index is 12.9. The minimum absolute atomic E-state index is 0.103. The third-order valence-corrected chi connectivity index (χ3v) is 6.52. The molecule has 2 aromatic heterocycles. The Labute approximate surface area is 212 Å². The number of anilines is 4. The molecule has 13 heteroatoms. The third kappa shape index (κ3) is 7.02. The molecule has 0 aliphatic rings. The van der Waals surface area contributed by atoms with Gasteiger partial charge in [0.1, 0.15) is 0 Å². The number of amides is 2. The molecule has 0 atom stereocenters. The zero-order chi connectivity index (χ0) is 25.3. The number of urea groups is 1. The van der Waals surface area contributed by atoms with Gasteiger partial charge in [0, 0.05) is 17.7 Å². The number of aromatic nitrogens is 4. The van der Waals surface area contributed by atoms with Gasteiger partial charge >= 0.3 is 12.1 Å². The van der Waals surface area contributed by atoms with Crippen molar-refractivity contribution >= 4 is 51.5 Å². The van der Waals surface area contributed by atoms with Crippen LogP contribution in [0.25, 0.3) is 11.3 Å². The summed E-state index contributed by atoms with van der Waals surface area (Å²) < 4.78 is 37.7. The molecule has 0 saturated carbocycles. The maximum Gasteiger partial charge on any atom is 0.324 e. The van der Waals surface area contributed by atoms with E-state index in [1.165, 1.54) is 11.3 Å². The number of hydrogen-bond acceptors (Lipinski definition) is 8. The molecule has 0 radical (unpaired) electrons. The van der Waals surface area contributed by atoms with Crippen LogP contribution in [0.4, 0.5) is 40.3 Å². The molecule has 8 nitrogen and oxygen atoms in total. The van der Waals surface area contributed by atoms with Gasteiger partial charge < -0.3 is 10.6 Å². The summed E-state index contributed by atoms with van der Waals surface area (Å²) in [5, 5.41) is 25.0. The number of halogens is 3.